The van der Waals surface area contributed by atoms with Gasteiger partial charge in [-0.1, -0.05) is 123 Å². The molecule has 0 spiro atoms. The van der Waals surface area contributed by atoms with Crippen molar-refractivity contribution in [1.82, 2.24) is 4.98 Å². The second-order valence-corrected chi connectivity index (χ2v) is 9.21. The number of nitrogens with zero attached hydrogens (tertiary/aromatic N) is 1. The summed E-state index contributed by atoms with van der Waals surface area (Å²) < 4.78 is 2.43. The SMILES string of the molecule is CCCCCCCCCCCCCC[C@H](CCCCCCC)c1[nH]cc[n+]1CC. The number of unbranched alkanes of at least 4 members (excludes halogenated alkanes) is 15. The van der Waals surface area contributed by atoms with E-state index in [-0.39, 0.29) is 0 Å². The van der Waals surface area contributed by atoms with Crippen molar-refractivity contribution < 1.29 is 4.57 Å². The molecule has 29 heavy (non-hydrogen) atoms. The van der Waals surface area contributed by atoms with Crippen molar-refractivity contribution in [2.24, 2.45) is 0 Å². The fraction of sp³-hybridized carbons (Fsp3) is 0.889. The van der Waals surface area contributed by atoms with E-state index in [0.717, 1.165) is 12.5 Å². The van der Waals surface area contributed by atoms with Crippen LogP contribution >= 0.6 is 0 Å². The van der Waals surface area contributed by atoms with Crippen LogP contribution in [0.15, 0.2) is 12.4 Å². The number of nitrogens with one attached hydrogen (secondary N) is 1. The van der Waals surface area contributed by atoms with Crippen LogP contribution in [0.5, 0.6) is 0 Å². The first kappa shape index (κ1) is 26.2. The van der Waals surface area contributed by atoms with Crippen LogP contribution in [-0.4, -0.2) is 4.98 Å². The highest BCUT2D eigenvalue weighted by molar-refractivity contribution is 4.90. The van der Waals surface area contributed by atoms with Crippen molar-refractivity contribution >= 4 is 0 Å². The molecular weight excluding hydrogens is 352 g/mol. The largest absolute Gasteiger partial charge is 0.257 e. The van der Waals surface area contributed by atoms with Gasteiger partial charge in [-0.3, -0.25) is 0 Å². The zero-order valence-corrected chi connectivity index (χ0v) is 20.3. The fourth-order valence-corrected chi connectivity index (χ4v) is 4.65. The summed E-state index contributed by atoms with van der Waals surface area (Å²) in [6, 6.07) is 0. The Balaban J connectivity index is 2.15. The van der Waals surface area contributed by atoms with Crippen LogP contribution < -0.4 is 4.57 Å². The summed E-state index contributed by atoms with van der Waals surface area (Å²) in [6.07, 6.45) is 31.3. The van der Waals surface area contributed by atoms with E-state index in [4.69, 9.17) is 0 Å². The topological polar surface area (TPSA) is 19.7 Å². The molecule has 0 amide bonds. The predicted octanol–water partition coefficient (Wildman–Crippen LogP) is 8.86. The molecule has 0 radical (unpaired) electrons. The lowest BCUT2D eigenvalue weighted by Crippen LogP contribution is -2.36. The third-order valence-electron chi connectivity index (χ3n) is 6.58. The molecule has 0 aliphatic heterocycles. The van der Waals surface area contributed by atoms with Gasteiger partial charge >= 0.3 is 0 Å². The lowest BCUT2D eigenvalue weighted by Gasteiger charge is -2.14. The van der Waals surface area contributed by atoms with Crippen molar-refractivity contribution in [3.63, 3.8) is 0 Å². The molecule has 1 aromatic heterocycles. The summed E-state index contributed by atoms with van der Waals surface area (Å²) in [7, 11) is 0. The first-order chi connectivity index (χ1) is 14.3. The van der Waals surface area contributed by atoms with Gasteiger partial charge in [-0.15, -0.1) is 0 Å². The summed E-state index contributed by atoms with van der Waals surface area (Å²) >= 11 is 0. The summed E-state index contributed by atoms with van der Waals surface area (Å²) in [6.45, 7) is 7.96. The quantitative estimate of drug-likeness (QED) is 0.156. The van der Waals surface area contributed by atoms with Crippen molar-refractivity contribution in [2.45, 2.75) is 155 Å². The van der Waals surface area contributed by atoms with Crippen molar-refractivity contribution in [3.8, 4) is 0 Å². The van der Waals surface area contributed by atoms with E-state index in [1.807, 2.05) is 0 Å². The van der Waals surface area contributed by atoms with E-state index in [1.165, 1.54) is 128 Å². The van der Waals surface area contributed by atoms with Crippen LogP contribution in [0, 0.1) is 0 Å². The Kier molecular flexibility index (Phi) is 17.4. The van der Waals surface area contributed by atoms with Crippen molar-refractivity contribution in [2.75, 3.05) is 0 Å². The van der Waals surface area contributed by atoms with Gasteiger partial charge in [-0.25, -0.2) is 9.55 Å². The van der Waals surface area contributed by atoms with Gasteiger partial charge in [0.1, 0.15) is 12.4 Å². The molecule has 1 rings (SSSR count). The minimum Gasteiger partial charge on any atom is -0.247 e. The number of aromatic amines is 1. The molecule has 1 heterocycles. The van der Waals surface area contributed by atoms with Crippen LogP contribution in [0.4, 0.5) is 0 Å². The summed E-state index contributed by atoms with van der Waals surface area (Å²) in [5, 5.41) is 0. The Hall–Kier alpha value is -0.790. The zero-order valence-electron chi connectivity index (χ0n) is 20.3. The van der Waals surface area contributed by atoms with Crippen LogP contribution in [0.2, 0.25) is 0 Å². The van der Waals surface area contributed by atoms with E-state index in [0.29, 0.717) is 0 Å². The highest BCUT2D eigenvalue weighted by Gasteiger charge is 2.21. The van der Waals surface area contributed by atoms with Crippen LogP contribution in [-0.2, 0) is 6.54 Å². The molecule has 2 heteroatoms. The van der Waals surface area contributed by atoms with E-state index in [1.54, 1.807) is 0 Å². The molecule has 170 valence electrons. The molecule has 0 aromatic carbocycles. The van der Waals surface area contributed by atoms with Crippen molar-refractivity contribution in [3.05, 3.63) is 18.2 Å². The van der Waals surface area contributed by atoms with Gasteiger partial charge < -0.3 is 0 Å². The fourth-order valence-electron chi connectivity index (χ4n) is 4.65. The molecule has 1 aromatic rings. The number of rotatable bonds is 21. The number of hydrogen-bond donors (Lipinski definition) is 1. The Morgan fingerprint density at radius 2 is 1.03 bits per heavy atom. The number of aromatic nitrogens is 2. The van der Waals surface area contributed by atoms with Gasteiger partial charge in [0.25, 0.3) is 5.82 Å². The monoisotopic (exact) mass is 405 g/mol. The average molecular weight is 406 g/mol. The average Bonchev–Trinajstić information content (AvgIpc) is 3.21. The molecule has 0 fully saturated rings. The van der Waals surface area contributed by atoms with Crippen molar-refractivity contribution in [1.29, 1.82) is 0 Å². The maximum absolute atomic E-state index is 3.57. The van der Waals surface area contributed by atoms with Crippen LogP contribution in [0.25, 0.3) is 0 Å². The lowest BCUT2D eigenvalue weighted by atomic mass is 9.93. The maximum atomic E-state index is 3.57. The molecule has 0 saturated carbocycles. The maximum Gasteiger partial charge on any atom is 0.257 e. The van der Waals surface area contributed by atoms with Gasteiger partial charge in [0.2, 0.25) is 0 Å². The molecule has 0 saturated heterocycles. The Morgan fingerprint density at radius 1 is 0.621 bits per heavy atom. The van der Waals surface area contributed by atoms with Gasteiger partial charge in [0, 0.05) is 0 Å². The molecule has 0 unspecified atom stereocenters. The molecular formula is C27H53N2+. The zero-order chi connectivity index (χ0) is 21.0. The minimum absolute atomic E-state index is 0.731. The summed E-state index contributed by atoms with van der Waals surface area (Å²) in [5.41, 5.74) is 0. The number of imidazole rings is 1. The van der Waals surface area contributed by atoms with Crippen LogP contribution in [0.3, 0.4) is 0 Å². The first-order valence-electron chi connectivity index (χ1n) is 13.4. The normalized spacial score (nSPS) is 12.5. The van der Waals surface area contributed by atoms with Gasteiger partial charge in [0.05, 0.1) is 12.5 Å². The third-order valence-corrected chi connectivity index (χ3v) is 6.58. The lowest BCUT2D eigenvalue weighted by molar-refractivity contribution is -0.701. The van der Waals surface area contributed by atoms with E-state index in [2.05, 4.69) is 42.7 Å². The van der Waals surface area contributed by atoms with E-state index >= 15 is 0 Å². The Morgan fingerprint density at radius 3 is 1.45 bits per heavy atom. The number of aryl methyl sites for hydroxylation is 1. The molecule has 0 aliphatic carbocycles. The molecule has 1 atom stereocenters. The summed E-state index contributed by atoms with van der Waals surface area (Å²) in [4.78, 5) is 3.57. The van der Waals surface area contributed by atoms with E-state index in [9.17, 15) is 0 Å². The minimum atomic E-state index is 0.731. The van der Waals surface area contributed by atoms with E-state index < -0.39 is 0 Å². The highest BCUT2D eigenvalue weighted by atomic mass is 15.1. The standard InChI is InChI=1S/C27H52N2/c1-4-7-9-11-12-13-14-15-16-17-19-21-23-26(22-20-18-10-8-5-2)27-28-24-25-29(27)6-3/h24-26H,4-23H2,1-3H3/p+1/t26-/m0/s1. The number of H-pyrrole nitrogens is 1. The molecule has 2 nitrogen and oxygen atoms in total. The van der Waals surface area contributed by atoms with Gasteiger partial charge in [0.15, 0.2) is 0 Å². The molecule has 1 N–H and O–H groups in total. The highest BCUT2D eigenvalue weighted by Crippen LogP contribution is 2.26. The predicted molar refractivity (Wildman–Crippen MR) is 128 cm³/mol. The van der Waals surface area contributed by atoms with Gasteiger partial charge in [-0.05, 0) is 19.8 Å². The molecule has 0 aliphatic rings. The molecule has 0 bridgehead atoms. The number of hydrogen-bond acceptors (Lipinski definition) is 0. The summed E-state index contributed by atoms with van der Waals surface area (Å²) in [5.74, 6) is 2.21. The first-order valence-corrected chi connectivity index (χ1v) is 13.4. The van der Waals surface area contributed by atoms with Crippen LogP contribution in [0.1, 0.15) is 155 Å². The smallest absolute Gasteiger partial charge is 0.247 e. The second-order valence-electron chi connectivity index (χ2n) is 9.21. The Labute approximate surface area is 183 Å². The third kappa shape index (κ3) is 13.2. The Bertz CT molecular complexity index is 451. The van der Waals surface area contributed by atoms with Gasteiger partial charge in [-0.2, -0.15) is 0 Å². The second kappa shape index (κ2) is 19.2.